The predicted molar refractivity (Wildman–Crippen MR) is 105 cm³/mol. The molecule has 0 spiro atoms. The van der Waals surface area contributed by atoms with E-state index in [1.54, 1.807) is 18.2 Å². The number of amides is 1. The van der Waals surface area contributed by atoms with Gasteiger partial charge >= 0.3 is 0 Å². The number of methoxy groups -OCH3 is 1. The van der Waals surface area contributed by atoms with E-state index in [1.807, 2.05) is 0 Å². The number of halogens is 4. The van der Waals surface area contributed by atoms with E-state index in [-0.39, 0.29) is 24.5 Å². The van der Waals surface area contributed by atoms with Crippen molar-refractivity contribution in [2.24, 2.45) is 0 Å². The molecule has 10 heteroatoms. The molecule has 0 aliphatic rings. The molecule has 3 N–H and O–H groups in total. The number of aliphatic hydroxyl groups is 1. The van der Waals surface area contributed by atoms with Crippen molar-refractivity contribution in [2.45, 2.75) is 6.10 Å². The van der Waals surface area contributed by atoms with Gasteiger partial charge in [-0.3, -0.25) is 9.63 Å². The van der Waals surface area contributed by atoms with Crippen LogP contribution in [0.25, 0.3) is 0 Å². The zero-order valence-electron chi connectivity index (χ0n) is 14.1. The van der Waals surface area contributed by atoms with Crippen LogP contribution in [0.3, 0.4) is 0 Å². The fourth-order valence-corrected chi connectivity index (χ4v) is 2.98. The van der Waals surface area contributed by atoms with Crippen LogP contribution in [0.1, 0.15) is 10.4 Å². The SMILES string of the molecule is COCC(O)CONC(=O)c1cc(F)c(F)cc1Nc1ccc(I)cc1Cl. The molecule has 27 heavy (non-hydrogen) atoms. The van der Waals surface area contributed by atoms with Crippen molar-refractivity contribution in [2.75, 3.05) is 25.6 Å². The minimum Gasteiger partial charge on any atom is -0.388 e. The molecule has 0 radical (unpaired) electrons. The van der Waals surface area contributed by atoms with Crippen LogP contribution in [0.15, 0.2) is 30.3 Å². The highest BCUT2D eigenvalue weighted by Crippen LogP contribution is 2.30. The Morgan fingerprint density at radius 1 is 1.22 bits per heavy atom. The Morgan fingerprint density at radius 3 is 2.59 bits per heavy atom. The van der Waals surface area contributed by atoms with Crippen molar-refractivity contribution >= 4 is 51.5 Å². The van der Waals surface area contributed by atoms with Crippen LogP contribution in [0.5, 0.6) is 0 Å². The van der Waals surface area contributed by atoms with Gasteiger partial charge in [0.1, 0.15) is 12.7 Å². The normalized spacial score (nSPS) is 11.9. The summed E-state index contributed by atoms with van der Waals surface area (Å²) in [6.07, 6.45) is -0.955. The number of carbonyl (C=O) groups excluding carboxylic acids is 1. The van der Waals surface area contributed by atoms with E-state index in [1.165, 1.54) is 7.11 Å². The number of anilines is 2. The summed E-state index contributed by atoms with van der Waals surface area (Å²) in [5, 5.41) is 12.6. The fourth-order valence-electron chi connectivity index (χ4n) is 2.07. The lowest BCUT2D eigenvalue weighted by molar-refractivity contribution is -0.0365. The van der Waals surface area contributed by atoms with Gasteiger partial charge in [0.15, 0.2) is 11.6 Å². The molecule has 0 aromatic heterocycles. The van der Waals surface area contributed by atoms with Gasteiger partial charge in [0.25, 0.3) is 5.91 Å². The van der Waals surface area contributed by atoms with Crippen LogP contribution in [-0.2, 0) is 9.57 Å². The lowest BCUT2D eigenvalue weighted by atomic mass is 10.1. The monoisotopic (exact) mass is 512 g/mol. The highest BCUT2D eigenvalue weighted by Gasteiger charge is 2.18. The van der Waals surface area contributed by atoms with E-state index in [4.69, 9.17) is 21.2 Å². The third-order valence-electron chi connectivity index (χ3n) is 3.31. The number of hydrogen-bond donors (Lipinski definition) is 3. The van der Waals surface area contributed by atoms with Crippen LogP contribution in [0.2, 0.25) is 5.02 Å². The van der Waals surface area contributed by atoms with Gasteiger partial charge in [0.2, 0.25) is 0 Å². The summed E-state index contributed by atoms with van der Waals surface area (Å²) in [5.41, 5.74) is 2.27. The Morgan fingerprint density at radius 2 is 1.93 bits per heavy atom. The molecule has 146 valence electrons. The number of rotatable bonds is 8. The minimum atomic E-state index is -1.20. The molecule has 0 fully saturated rings. The number of carbonyl (C=O) groups is 1. The summed E-state index contributed by atoms with van der Waals surface area (Å²) in [6, 6.07) is 6.66. The third kappa shape index (κ3) is 6.25. The van der Waals surface area contributed by atoms with Crippen LogP contribution >= 0.6 is 34.2 Å². The molecule has 0 bridgehead atoms. The van der Waals surface area contributed by atoms with Crippen LogP contribution in [0.4, 0.5) is 20.2 Å². The first-order valence-corrected chi connectivity index (χ1v) is 9.07. The number of aliphatic hydroxyl groups excluding tert-OH is 1. The largest absolute Gasteiger partial charge is 0.388 e. The molecule has 6 nitrogen and oxygen atoms in total. The van der Waals surface area contributed by atoms with Gasteiger partial charge in [0.05, 0.1) is 28.6 Å². The predicted octanol–water partition coefficient (Wildman–Crippen LogP) is 3.64. The van der Waals surface area contributed by atoms with Crippen LogP contribution in [0, 0.1) is 15.2 Å². The average Bonchev–Trinajstić information content (AvgIpc) is 2.60. The van der Waals surface area contributed by atoms with Crippen molar-refractivity contribution in [3.63, 3.8) is 0 Å². The summed E-state index contributed by atoms with van der Waals surface area (Å²) >= 11 is 8.20. The van der Waals surface area contributed by atoms with Gasteiger partial charge in [-0.1, -0.05) is 11.6 Å². The fraction of sp³-hybridized carbons (Fsp3) is 0.235. The molecule has 0 aliphatic carbocycles. The van der Waals surface area contributed by atoms with Crippen molar-refractivity contribution in [1.82, 2.24) is 5.48 Å². The number of hydroxylamine groups is 1. The molecule has 0 aliphatic heterocycles. The number of hydrogen-bond acceptors (Lipinski definition) is 5. The molecule has 0 saturated heterocycles. The number of ether oxygens (including phenoxy) is 1. The standard InChI is InChI=1S/C17H16ClF2IN2O4/c1-26-7-10(24)8-27-23-17(25)11-5-13(19)14(20)6-16(11)22-15-3-2-9(21)4-12(15)18/h2-6,10,22,24H,7-8H2,1H3,(H,23,25). The molecule has 0 saturated carbocycles. The first kappa shape index (κ1) is 21.8. The van der Waals surface area contributed by atoms with E-state index >= 15 is 0 Å². The highest BCUT2D eigenvalue weighted by atomic mass is 127. The highest BCUT2D eigenvalue weighted by molar-refractivity contribution is 14.1. The van der Waals surface area contributed by atoms with E-state index in [9.17, 15) is 18.7 Å². The van der Waals surface area contributed by atoms with Crippen molar-refractivity contribution in [3.05, 3.63) is 56.1 Å². The molecule has 1 unspecified atom stereocenters. The minimum absolute atomic E-state index is 0.00412. The average molecular weight is 513 g/mol. The smallest absolute Gasteiger partial charge is 0.277 e. The lowest BCUT2D eigenvalue weighted by Crippen LogP contribution is -2.30. The topological polar surface area (TPSA) is 79.8 Å². The van der Waals surface area contributed by atoms with E-state index in [2.05, 4.69) is 33.4 Å². The first-order valence-electron chi connectivity index (χ1n) is 7.62. The molecule has 2 aromatic rings. The van der Waals surface area contributed by atoms with Gasteiger partial charge in [-0.25, -0.2) is 14.3 Å². The van der Waals surface area contributed by atoms with Crippen molar-refractivity contribution in [3.8, 4) is 0 Å². The number of benzene rings is 2. The van der Waals surface area contributed by atoms with Gasteiger partial charge in [-0.05, 0) is 46.9 Å². The number of nitrogens with one attached hydrogen (secondary N) is 2. The Balaban J connectivity index is 2.19. The third-order valence-corrected chi connectivity index (χ3v) is 4.29. The van der Waals surface area contributed by atoms with E-state index in [0.29, 0.717) is 10.7 Å². The molecule has 1 amide bonds. The Kier molecular flexibility index (Phi) is 8.17. The summed E-state index contributed by atoms with van der Waals surface area (Å²) < 4.78 is 32.9. The Labute approximate surface area is 172 Å². The molecule has 2 rings (SSSR count). The van der Waals surface area contributed by atoms with E-state index in [0.717, 1.165) is 15.7 Å². The molecule has 1 atom stereocenters. The maximum atomic E-state index is 13.7. The molecular formula is C17H16ClF2IN2O4. The quantitative estimate of drug-likeness (QED) is 0.372. The van der Waals surface area contributed by atoms with E-state index < -0.39 is 23.6 Å². The summed E-state index contributed by atoms with van der Waals surface area (Å²) in [5.74, 6) is -3.16. The Bertz CT molecular complexity index is 826. The van der Waals surface area contributed by atoms with Gasteiger partial charge in [0, 0.05) is 16.7 Å². The van der Waals surface area contributed by atoms with Gasteiger partial charge in [-0.2, -0.15) is 0 Å². The van der Waals surface area contributed by atoms with Crippen LogP contribution in [-0.4, -0.2) is 37.4 Å². The second-order valence-corrected chi connectivity index (χ2v) is 7.07. The van der Waals surface area contributed by atoms with Gasteiger partial charge in [-0.15, -0.1) is 0 Å². The molecule has 2 aromatic carbocycles. The molecule has 0 heterocycles. The summed E-state index contributed by atoms with van der Waals surface area (Å²) in [4.78, 5) is 17.2. The second kappa shape index (κ2) is 10.1. The molecular weight excluding hydrogens is 497 g/mol. The zero-order valence-corrected chi connectivity index (χ0v) is 17.0. The lowest BCUT2D eigenvalue weighted by Gasteiger charge is -2.15. The van der Waals surface area contributed by atoms with Gasteiger partial charge < -0.3 is 15.2 Å². The zero-order chi connectivity index (χ0) is 20.0. The maximum absolute atomic E-state index is 13.7. The van der Waals surface area contributed by atoms with Crippen molar-refractivity contribution < 1.29 is 28.3 Å². The second-order valence-electron chi connectivity index (χ2n) is 5.41. The first-order chi connectivity index (χ1) is 12.8. The maximum Gasteiger partial charge on any atom is 0.277 e. The Hall–Kier alpha value is -1.53. The summed E-state index contributed by atoms with van der Waals surface area (Å²) in [6.45, 7) is -0.228. The summed E-state index contributed by atoms with van der Waals surface area (Å²) in [7, 11) is 1.40. The van der Waals surface area contributed by atoms with Crippen molar-refractivity contribution in [1.29, 1.82) is 0 Å². The van der Waals surface area contributed by atoms with Crippen LogP contribution < -0.4 is 10.8 Å².